The SMILES string of the molecule is O=C(CCCCc1ccc2c(n1)NCCC2)NCCC(NC(=O)CCc1ccccc1)C(=O)O. The van der Waals surface area contributed by atoms with E-state index in [4.69, 9.17) is 0 Å². The maximum absolute atomic E-state index is 12.1. The summed E-state index contributed by atoms with van der Waals surface area (Å²) >= 11 is 0. The minimum Gasteiger partial charge on any atom is -0.480 e. The Hall–Kier alpha value is -3.42. The molecule has 3 rings (SSSR count). The summed E-state index contributed by atoms with van der Waals surface area (Å²) in [6.07, 6.45) is 5.90. The predicted octanol–water partition coefficient (Wildman–Crippen LogP) is 2.86. The molecule has 0 saturated heterocycles. The van der Waals surface area contributed by atoms with E-state index in [1.165, 1.54) is 5.56 Å². The van der Waals surface area contributed by atoms with E-state index in [9.17, 15) is 19.5 Å². The highest BCUT2D eigenvalue weighted by atomic mass is 16.4. The van der Waals surface area contributed by atoms with E-state index in [1.807, 2.05) is 30.3 Å². The molecule has 4 N–H and O–H groups in total. The van der Waals surface area contributed by atoms with Gasteiger partial charge in [0.1, 0.15) is 11.9 Å². The predicted molar refractivity (Wildman–Crippen MR) is 131 cm³/mol. The molecule has 1 aliphatic rings. The van der Waals surface area contributed by atoms with Gasteiger partial charge in [-0.3, -0.25) is 9.59 Å². The number of carbonyl (C=O) groups excluding carboxylic acids is 2. The minimum atomic E-state index is -1.10. The molecule has 182 valence electrons. The van der Waals surface area contributed by atoms with E-state index in [-0.39, 0.29) is 31.2 Å². The van der Waals surface area contributed by atoms with Crippen LogP contribution in [0.2, 0.25) is 0 Å². The number of nitrogens with zero attached hydrogens (tertiary/aromatic N) is 1. The number of carboxylic acids is 1. The molecule has 1 unspecified atom stereocenters. The second kappa shape index (κ2) is 13.3. The standard InChI is InChI=1S/C26H34N4O4/c31-23(11-5-4-10-21-14-13-20-9-6-17-28-25(20)29-21)27-18-16-22(26(33)34)30-24(32)15-12-19-7-2-1-3-8-19/h1-3,7-8,13-14,22H,4-6,9-12,15-18H2,(H,27,31)(H,28,29)(H,30,32)(H,33,34). The van der Waals surface area contributed by atoms with Crippen molar-refractivity contribution >= 4 is 23.6 Å². The molecular weight excluding hydrogens is 432 g/mol. The Kier molecular flexibility index (Phi) is 9.88. The number of pyridine rings is 1. The van der Waals surface area contributed by atoms with E-state index < -0.39 is 12.0 Å². The molecule has 8 heteroatoms. The molecule has 2 amide bonds. The van der Waals surface area contributed by atoms with Crippen LogP contribution in [0.4, 0.5) is 5.82 Å². The average molecular weight is 467 g/mol. The number of aliphatic carboxylic acids is 1. The van der Waals surface area contributed by atoms with Gasteiger partial charge in [-0.1, -0.05) is 36.4 Å². The van der Waals surface area contributed by atoms with Gasteiger partial charge in [-0.05, 0) is 62.1 Å². The van der Waals surface area contributed by atoms with Crippen molar-refractivity contribution in [2.75, 3.05) is 18.4 Å². The summed E-state index contributed by atoms with van der Waals surface area (Å²) in [6, 6.07) is 12.7. The highest BCUT2D eigenvalue weighted by Gasteiger charge is 2.19. The van der Waals surface area contributed by atoms with Gasteiger partial charge in [-0.25, -0.2) is 9.78 Å². The summed E-state index contributed by atoms with van der Waals surface area (Å²) in [5.41, 5.74) is 3.32. The van der Waals surface area contributed by atoms with Crippen LogP contribution in [0.25, 0.3) is 0 Å². The Morgan fingerprint density at radius 1 is 1.00 bits per heavy atom. The monoisotopic (exact) mass is 466 g/mol. The van der Waals surface area contributed by atoms with Crippen molar-refractivity contribution in [3.8, 4) is 0 Å². The van der Waals surface area contributed by atoms with Crippen LogP contribution in [0.15, 0.2) is 42.5 Å². The molecule has 2 heterocycles. The average Bonchev–Trinajstić information content (AvgIpc) is 2.85. The maximum atomic E-state index is 12.1. The number of carbonyl (C=O) groups is 3. The fourth-order valence-corrected chi connectivity index (χ4v) is 3.97. The van der Waals surface area contributed by atoms with Gasteiger partial charge in [-0.15, -0.1) is 0 Å². The Morgan fingerprint density at radius 3 is 2.62 bits per heavy atom. The normalized spacial score (nSPS) is 13.3. The summed E-state index contributed by atoms with van der Waals surface area (Å²) in [6.45, 7) is 1.16. The van der Waals surface area contributed by atoms with Gasteiger partial charge >= 0.3 is 5.97 Å². The van der Waals surface area contributed by atoms with Crippen molar-refractivity contribution in [1.29, 1.82) is 0 Å². The number of aryl methyl sites for hydroxylation is 3. The number of rotatable bonds is 13. The first-order valence-corrected chi connectivity index (χ1v) is 12.1. The summed E-state index contributed by atoms with van der Waals surface area (Å²) in [4.78, 5) is 40.4. The van der Waals surface area contributed by atoms with Crippen molar-refractivity contribution < 1.29 is 19.5 Å². The van der Waals surface area contributed by atoms with Crippen molar-refractivity contribution in [2.45, 2.75) is 63.8 Å². The first kappa shape index (κ1) is 25.2. The molecule has 2 aromatic rings. The van der Waals surface area contributed by atoms with E-state index in [0.29, 0.717) is 12.8 Å². The first-order valence-electron chi connectivity index (χ1n) is 12.1. The highest BCUT2D eigenvalue weighted by molar-refractivity contribution is 5.83. The molecule has 8 nitrogen and oxygen atoms in total. The molecule has 0 saturated carbocycles. The Labute approximate surface area is 200 Å². The van der Waals surface area contributed by atoms with Crippen LogP contribution in [0.3, 0.4) is 0 Å². The van der Waals surface area contributed by atoms with Crippen molar-refractivity contribution in [3.05, 3.63) is 59.3 Å². The Bertz CT molecular complexity index is 965. The lowest BCUT2D eigenvalue weighted by molar-refractivity contribution is -0.142. The summed E-state index contributed by atoms with van der Waals surface area (Å²) in [5.74, 6) is -0.538. The summed E-state index contributed by atoms with van der Waals surface area (Å²) < 4.78 is 0. The Balaban J connectivity index is 1.29. The molecule has 1 aromatic heterocycles. The maximum Gasteiger partial charge on any atom is 0.326 e. The number of anilines is 1. The van der Waals surface area contributed by atoms with E-state index >= 15 is 0 Å². The quantitative estimate of drug-likeness (QED) is 0.337. The van der Waals surface area contributed by atoms with Gasteiger partial charge < -0.3 is 21.1 Å². The van der Waals surface area contributed by atoms with E-state index in [1.54, 1.807) is 0 Å². The molecule has 0 radical (unpaired) electrons. The number of aromatic nitrogens is 1. The highest BCUT2D eigenvalue weighted by Crippen LogP contribution is 2.20. The molecule has 0 aliphatic carbocycles. The largest absolute Gasteiger partial charge is 0.480 e. The van der Waals surface area contributed by atoms with Crippen LogP contribution in [-0.2, 0) is 33.6 Å². The second-order valence-electron chi connectivity index (χ2n) is 8.63. The molecular formula is C26H34N4O4. The van der Waals surface area contributed by atoms with Crippen molar-refractivity contribution in [2.24, 2.45) is 0 Å². The van der Waals surface area contributed by atoms with Crippen LogP contribution < -0.4 is 16.0 Å². The van der Waals surface area contributed by atoms with Gasteiger partial charge in [0.2, 0.25) is 11.8 Å². The zero-order chi connectivity index (χ0) is 24.2. The number of nitrogens with one attached hydrogen (secondary N) is 3. The minimum absolute atomic E-state index is 0.111. The third-order valence-electron chi connectivity index (χ3n) is 5.91. The molecule has 0 spiro atoms. The van der Waals surface area contributed by atoms with Gasteiger partial charge in [0.15, 0.2) is 0 Å². The van der Waals surface area contributed by atoms with Gasteiger partial charge in [-0.2, -0.15) is 0 Å². The number of carboxylic acid groups (broad SMARTS) is 1. The van der Waals surface area contributed by atoms with Crippen LogP contribution >= 0.6 is 0 Å². The lowest BCUT2D eigenvalue weighted by Crippen LogP contribution is -2.43. The van der Waals surface area contributed by atoms with Gasteiger partial charge in [0.25, 0.3) is 0 Å². The number of unbranched alkanes of at least 4 members (excludes halogenated alkanes) is 1. The lowest BCUT2D eigenvalue weighted by atomic mass is 10.1. The van der Waals surface area contributed by atoms with Crippen LogP contribution in [0, 0.1) is 0 Å². The zero-order valence-corrected chi connectivity index (χ0v) is 19.5. The van der Waals surface area contributed by atoms with Crippen molar-refractivity contribution in [3.63, 3.8) is 0 Å². The molecule has 1 aliphatic heterocycles. The second-order valence-corrected chi connectivity index (χ2v) is 8.63. The number of amides is 2. The van der Waals surface area contributed by atoms with E-state index in [2.05, 4.69) is 33.1 Å². The fourth-order valence-electron chi connectivity index (χ4n) is 3.97. The molecule has 1 atom stereocenters. The van der Waals surface area contributed by atoms with Crippen LogP contribution in [-0.4, -0.2) is 47.0 Å². The molecule has 0 fully saturated rings. The smallest absolute Gasteiger partial charge is 0.326 e. The third-order valence-corrected chi connectivity index (χ3v) is 5.91. The van der Waals surface area contributed by atoms with Crippen LogP contribution in [0.1, 0.15) is 55.3 Å². The lowest BCUT2D eigenvalue weighted by Gasteiger charge is -2.17. The van der Waals surface area contributed by atoms with Crippen molar-refractivity contribution in [1.82, 2.24) is 15.6 Å². The molecule has 1 aromatic carbocycles. The summed E-state index contributed by atoms with van der Waals surface area (Å²) in [7, 11) is 0. The summed E-state index contributed by atoms with van der Waals surface area (Å²) in [5, 5.41) is 18.0. The van der Waals surface area contributed by atoms with Gasteiger partial charge in [0.05, 0.1) is 0 Å². The zero-order valence-electron chi connectivity index (χ0n) is 19.5. The number of benzene rings is 1. The Morgan fingerprint density at radius 2 is 1.82 bits per heavy atom. The van der Waals surface area contributed by atoms with E-state index in [0.717, 1.165) is 55.7 Å². The van der Waals surface area contributed by atoms with Crippen LogP contribution in [0.5, 0.6) is 0 Å². The fraction of sp³-hybridized carbons (Fsp3) is 0.462. The number of hydrogen-bond donors (Lipinski definition) is 4. The van der Waals surface area contributed by atoms with Gasteiger partial charge in [0, 0.05) is 31.6 Å². The number of fused-ring (bicyclic) bond motifs is 1. The molecule has 0 bridgehead atoms. The topological polar surface area (TPSA) is 120 Å². The molecule has 34 heavy (non-hydrogen) atoms. The first-order chi connectivity index (χ1) is 16.5. The third kappa shape index (κ3) is 8.50. The number of hydrogen-bond acceptors (Lipinski definition) is 5.